The molecular weight excluding hydrogens is 430 g/mol. The Morgan fingerprint density at radius 2 is 1.82 bits per heavy atom. The lowest BCUT2D eigenvalue weighted by molar-refractivity contribution is -0.141. The standard InChI is InChI=1S/C27H45N3O4/c1-11-27(8,9)30-16-14-13-15-21(30)24(31)28-23(19(5)6)25(32)29(10)22(18(3)4)17-20(7)26(33)34-12-2/h1,17-19,21-23H,12-16H2,2-10H3,(H,28,31)/b20-17+. The van der Waals surface area contributed by atoms with Crippen molar-refractivity contribution in [1.82, 2.24) is 15.1 Å². The van der Waals surface area contributed by atoms with Crippen LogP contribution in [0.15, 0.2) is 11.6 Å². The van der Waals surface area contributed by atoms with E-state index >= 15 is 0 Å². The van der Waals surface area contributed by atoms with Crippen molar-refractivity contribution in [1.29, 1.82) is 0 Å². The number of carbonyl (C=O) groups excluding carboxylic acids is 3. The summed E-state index contributed by atoms with van der Waals surface area (Å²) < 4.78 is 5.09. The minimum Gasteiger partial charge on any atom is -0.463 e. The number of hydrogen-bond acceptors (Lipinski definition) is 5. The molecule has 1 aliphatic rings. The van der Waals surface area contributed by atoms with Gasteiger partial charge >= 0.3 is 5.97 Å². The molecule has 2 amide bonds. The van der Waals surface area contributed by atoms with E-state index in [9.17, 15) is 14.4 Å². The van der Waals surface area contributed by atoms with Gasteiger partial charge in [0.25, 0.3) is 0 Å². The molecule has 1 saturated heterocycles. The molecule has 1 aliphatic heterocycles. The van der Waals surface area contributed by atoms with Gasteiger partial charge in [0.05, 0.1) is 24.2 Å². The number of esters is 1. The van der Waals surface area contributed by atoms with Crippen molar-refractivity contribution in [3.8, 4) is 12.3 Å². The molecule has 1 heterocycles. The van der Waals surface area contributed by atoms with Crippen LogP contribution in [0, 0.1) is 24.2 Å². The Labute approximate surface area is 206 Å². The Balaban J connectivity index is 3.13. The van der Waals surface area contributed by atoms with Crippen molar-refractivity contribution in [3.05, 3.63) is 11.6 Å². The van der Waals surface area contributed by atoms with E-state index in [1.54, 1.807) is 31.9 Å². The third-order valence-corrected chi connectivity index (χ3v) is 6.60. The van der Waals surface area contributed by atoms with E-state index in [4.69, 9.17) is 11.2 Å². The third-order valence-electron chi connectivity index (χ3n) is 6.60. The molecule has 0 bridgehead atoms. The van der Waals surface area contributed by atoms with Gasteiger partial charge in [-0.05, 0) is 52.4 Å². The van der Waals surface area contributed by atoms with E-state index in [-0.39, 0.29) is 35.7 Å². The fourth-order valence-electron chi connectivity index (χ4n) is 4.41. The van der Waals surface area contributed by atoms with E-state index in [1.165, 1.54) is 0 Å². The van der Waals surface area contributed by atoms with E-state index in [0.29, 0.717) is 18.6 Å². The highest BCUT2D eigenvalue weighted by Crippen LogP contribution is 2.26. The Kier molecular flexibility index (Phi) is 11.3. The van der Waals surface area contributed by atoms with Crippen molar-refractivity contribution in [3.63, 3.8) is 0 Å². The Morgan fingerprint density at radius 1 is 1.21 bits per heavy atom. The van der Waals surface area contributed by atoms with Gasteiger partial charge in [-0.15, -0.1) is 6.42 Å². The number of nitrogens with zero attached hydrogens (tertiary/aromatic N) is 2. The van der Waals surface area contributed by atoms with Crippen LogP contribution in [0.5, 0.6) is 0 Å². The molecule has 7 heteroatoms. The average molecular weight is 476 g/mol. The van der Waals surface area contributed by atoms with Crippen LogP contribution in [0.25, 0.3) is 0 Å². The lowest BCUT2D eigenvalue weighted by Gasteiger charge is -2.43. The highest BCUT2D eigenvalue weighted by atomic mass is 16.5. The molecule has 34 heavy (non-hydrogen) atoms. The summed E-state index contributed by atoms with van der Waals surface area (Å²) in [6.07, 6.45) is 10.2. The molecule has 0 aromatic rings. The zero-order chi connectivity index (χ0) is 26.2. The number of rotatable bonds is 10. The van der Waals surface area contributed by atoms with E-state index in [1.807, 2.05) is 41.5 Å². The molecule has 0 saturated carbocycles. The summed E-state index contributed by atoms with van der Waals surface area (Å²) >= 11 is 0. The van der Waals surface area contributed by atoms with Crippen LogP contribution in [-0.4, -0.2) is 71.4 Å². The van der Waals surface area contributed by atoms with E-state index in [0.717, 1.165) is 19.4 Å². The summed E-state index contributed by atoms with van der Waals surface area (Å²) in [6, 6.07) is -1.37. The van der Waals surface area contributed by atoms with Crippen LogP contribution in [0.3, 0.4) is 0 Å². The minimum absolute atomic E-state index is 0.0621. The molecule has 1 fully saturated rings. The summed E-state index contributed by atoms with van der Waals surface area (Å²) in [5, 5.41) is 3.03. The van der Waals surface area contributed by atoms with Gasteiger partial charge < -0.3 is 15.0 Å². The monoisotopic (exact) mass is 475 g/mol. The van der Waals surface area contributed by atoms with Crippen molar-refractivity contribution < 1.29 is 19.1 Å². The molecule has 0 radical (unpaired) electrons. The fourth-order valence-corrected chi connectivity index (χ4v) is 4.41. The normalized spacial score (nSPS) is 19.4. The number of ether oxygens (including phenoxy) is 1. The van der Waals surface area contributed by atoms with Crippen molar-refractivity contribution >= 4 is 17.8 Å². The second-order valence-electron chi connectivity index (χ2n) is 10.4. The predicted octanol–water partition coefficient (Wildman–Crippen LogP) is 3.39. The maximum absolute atomic E-state index is 13.6. The molecule has 3 unspecified atom stereocenters. The molecule has 1 rings (SSSR count). The topological polar surface area (TPSA) is 79.0 Å². The summed E-state index contributed by atoms with van der Waals surface area (Å²) in [6.45, 7) is 16.2. The third kappa shape index (κ3) is 7.59. The Hall–Kier alpha value is -2.33. The first-order chi connectivity index (χ1) is 15.8. The number of terminal acetylenes is 1. The molecule has 0 aromatic heterocycles. The number of amides is 2. The van der Waals surface area contributed by atoms with Crippen molar-refractivity contribution in [2.75, 3.05) is 20.2 Å². The summed E-state index contributed by atoms with van der Waals surface area (Å²) in [4.78, 5) is 42.8. The highest BCUT2D eigenvalue weighted by Gasteiger charge is 2.39. The van der Waals surface area contributed by atoms with Crippen LogP contribution in [-0.2, 0) is 19.1 Å². The van der Waals surface area contributed by atoms with Crippen LogP contribution in [0.1, 0.15) is 74.7 Å². The maximum Gasteiger partial charge on any atom is 0.333 e. The fraction of sp³-hybridized carbons (Fsp3) is 0.741. The molecule has 7 nitrogen and oxygen atoms in total. The van der Waals surface area contributed by atoms with E-state index < -0.39 is 17.6 Å². The van der Waals surface area contributed by atoms with Gasteiger partial charge in [-0.2, -0.15) is 0 Å². The predicted molar refractivity (Wildman–Crippen MR) is 136 cm³/mol. The highest BCUT2D eigenvalue weighted by molar-refractivity contribution is 5.91. The molecule has 192 valence electrons. The van der Waals surface area contributed by atoms with Gasteiger partial charge in [0.15, 0.2) is 0 Å². The molecule has 0 aliphatic carbocycles. The largest absolute Gasteiger partial charge is 0.463 e. The summed E-state index contributed by atoms with van der Waals surface area (Å²) in [5.41, 5.74) is -0.0889. The Bertz CT molecular complexity index is 794. The average Bonchev–Trinajstić information content (AvgIpc) is 2.79. The SMILES string of the molecule is C#CC(C)(C)N1CCCCC1C(=O)NC(C(=O)N(C)C(/C=C(\C)C(=O)OCC)C(C)C)C(C)C. The van der Waals surface area contributed by atoms with Crippen LogP contribution in [0.2, 0.25) is 0 Å². The van der Waals surface area contributed by atoms with Crippen molar-refractivity contribution in [2.45, 2.75) is 98.3 Å². The second-order valence-corrected chi connectivity index (χ2v) is 10.4. The van der Waals surface area contributed by atoms with Gasteiger partial charge in [0.1, 0.15) is 6.04 Å². The van der Waals surface area contributed by atoms with Crippen LogP contribution >= 0.6 is 0 Å². The zero-order valence-corrected chi connectivity index (χ0v) is 22.6. The van der Waals surface area contributed by atoms with Gasteiger partial charge in [0, 0.05) is 19.2 Å². The van der Waals surface area contributed by atoms with Gasteiger partial charge in [-0.3, -0.25) is 14.5 Å². The van der Waals surface area contributed by atoms with Gasteiger partial charge in [0.2, 0.25) is 11.8 Å². The molecule has 0 aromatic carbocycles. The lowest BCUT2D eigenvalue weighted by atomic mass is 9.92. The Morgan fingerprint density at radius 3 is 2.32 bits per heavy atom. The number of nitrogens with one attached hydrogen (secondary N) is 1. The van der Waals surface area contributed by atoms with Gasteiger partial charge in [-0.1, -0.05) is 46.1 Å². The quantitative estimate of drug-likeness (QED) is 0.298. The molecule has 3 atom stereocenters. The first-order valence-corrected chi connectivity index (χ1v) is 12.5. The van der Waals surface area contributed by atoms with Crippen molar-refractivity contribution in [2.24, 2.45) is 11.8 Å². The number of likely N-dealkylation sites (N-methyl/N-ethyl adjacent to an activating group) is 1. The number of piperidine rings is 1. The van der Waals surface area contributed by atoms with E-state index in [2.05, 4.69) is 16.1 Å². The number of carbonyl (C=O) groups is 3. The first-order valence-electron chi connectivity index (χ1n) is 12.5. The minimum atomic E-state index is -0.687. The lowest BCUT2D eigenvalue weighted by Crippen LogP contribution is -2.61. The molecule has 1 N–H and O–H groups in total. The summed E-state index contributed by atoms with van der Waals surface area (Å²) in [5.74, 6) is 2.01. The molecular formula is C27H45N3O4. The van der Waals surface area contributed by atoms with Crippen LogP contribution in [0.4, 0.5) is 0 Å². The number of hydrogen-bond donors (Lipinski definition) is 1. The van der Waals surface area contributed by atoms with Crippen LogP contribution < -0.4 is 5.32 Å². The maximum atomic E-state index is 13.6. The summed E-state index contributed by atoms with van der Waals surface area (Å²) in [7, 11) is 1.72. The second kappa shape index (κ2) is 12.9. The zero-order valence-electron chi connectivity index (χ0n) is 22.6. The smallest absolute Gasteiger partial charge is 0.333 e. The number of likely N-dealkylation sites (tertiary alicyclic amines) is 1. The molecule has 0 spiro atoms. The first kappa shape index (κ1) is 29.7. The van der Waals surface area contributed by atoms with Gasteiger partial charge in [-0.25, -0.2) is 4.79 Å².